The van der Waals surface area contributed by atoms with Crippen molar-refractivity contribution < 1.29 is 9.90 Å². The van der Waals surface area contributed by atoms with Crippen LogP contribution in [0.4, 0.5) is 4.79 Å². The predicted molar refractivity (Wildman–Crippen MR) is 89.7 cm³/mol. The summed E-state index contributed by atoms with van der Waals surface area (Å²) in [4.78, 5) is 14.3. The molecule has 0 bridgehead atoms. The molecule has 2 aliphatic carbocycles. The van der Waals surface area contributed by atoms with Gasteiger partial charge in [0.2, 0.25) is 0 Å². The van der Waals surface area contributed by atoms with Crippen molar-refractivity contribution in [2.45, 2.75) is 71.3 Å². The molecule has 4 heteroatoms. The maximum absolute atomic E-state index is 12.4. The molecule has 0 unspecified atom stereocenters. The first kappa shape index (κ1) is 17.6. The van der Waals surface area contributed by atoms with E-state index in [4.69, 9.17) is 0 Å². The van der Waals surface area contributed by atoms with E-state index in [1.807, 2.05) is 11.9 Å². The smallest absolute Gasteiger partial charge is 0.317 e. The summed E-state index contributed by atoms with van der Waals surface area (Å²) in [5, 5.41) is 12.4. The van der Waals surface area contributed by atoms with Crippen molar-refractivity contribution in [1.29, 1.82) is 0 Å². The van der Waals surface area contributed by atoms with Gasteiger partial charge in [-0.15, -0.1) is 0 Å². The van der Waals surface area contributed by atoms with Crippen molar-refractivity contribution >= 4 is 6.03 Å². The van der Waals surface area contributed by atoms with Crippen LogP contribution in [-0.2, 0) is 0 Å². The number of amides is 2. The molecule has 128 valence electrons. The number of nitrogens with zero attached hydrogens (tertiary/aromatic N) is 1. The summed E-state index contributed by atoms with van der Waals surface area (Å²) in [6, 6.07) is 0.424. The Labute approximate surface area is 135 Å². The van der Waals surface area contributed by atoms with Gasteiger partial charge in [0, 0.05) is 26.2 Å². The summed E-state index contributed by atoms with van der Waals surface area (Å²) < 4.78 is 0. The lowest BCUT2D eigenvalue weighted by Crippen LogP contribution is -2.49. The third-order valence-corrected chi connectivity index (χ3v) is 5.81. The Morgan fingerprint density at radius 3 is 2.36 bits per heavy atom. The Balaban J connectivity index is 1.77. The highest BCUT2D eigenvalue weighted by atomic mass is 16.3. The van der Waals surface area contributed by atoms with Gasteiger partial charge in [-0.2, -0.15) is 0 Å². The average molecular weight is 310 g/mol. The molecule has 2 rings (SSSR count). The number of nitrogens with one attached hydrogen (secondary N) is 1. The molecule has 2 N–H and O–H groups in total. The van der Waals surface area contributed by atoms with Crippen LogP contribution < -0.4 is 5.32 Å². The fraction of sp³-hybridized carbons (Fsp3) is 0.944. The minimum atomic E-state index is 0.0856. The monoisotopic (exact) mass is 310 g/mol. The molecule has 0 aromatic carbocycles. The molecule has 0 aliphatic heterocycles. The van der Waals surface area contributed by atoms with Gasteiger partial charge in [-0.05, 0) is 62.2 Å². The lowest BCUT2D eigenvalue weighted by atomic mass is 9.64. The SMILES string of the molecule is CC(C)CC1(CNC(=O)N(C)C2CCC(CO)CC2)CCC1. The number of hydrogen-bond donors (Lipinski definition) is 2. The number of aliphatic hydroxyl groups excluding tert-OH is 1. The van der Waals surface area contributed by atoms with Gasteiger partial charge < -0.3 is 15.3 Å². The Bertz CT molecular complexity index is 358. The van der Waals surface area contributed by atoms with Crippen LogP contribution in [0.25, 0.3) is 0 Å². The third kappa shape index (κ3) is 4.37. The summed E-state index contributed by atoms with van der Waals surface area (Å²) in [5.74, 6) is 1.14. The number of hydrogen-bond acceptors (Lipinski definition) is 2. The Kier molecular flexibility index (Phi) is 6.13. The minimum Gasteiger partial charge on any atom is -0.396 e. The number of carbonyl (C=O) groups excluding carboxylic acids is 1. The second-order valence-electron chi connectivity index (χ2n) is 8.08. The highest BCUT2D eigenvalue weighted by Crippen LogP contribution is 2.45. The zero-order valence-electron chi connectivity index (χ0n) is 14.6. The Morgan fingerprint density at radius 2 is 1.91 bits per heavy atom. The number of rotatable bonds is 6. The van der Waals surface area contributed by atoms with E-state index >= 15 is 0 Å². The van der Waals surface area contributed by atoms with Gasteiger partial charge >= 0.3 is 6.03 Å². The second-order valence-corrected chi connectivity index (χ2v) is 8.08. The molecule has 2 fully saturated rings. The summed E-state index contributed by atoms with van der Waals surface area (Å²) in [6.45, 7) is 5.67. The molecule has 4 nitrogen and oxygen atoms in total. The highest BCUT2D eigenvalue weighted by molar-refractivity contribution is 5.74. The van der Waals surface area contributed by atoms with Crippen LogP contribution in [0.2, 0.25) is 0 Å². The molecule has 0 atom stereocenters. The molecule has 2 saturated carbocycles. The van der Waals surface area contributed by atoms with E-state index < -0.39 is 0 Å². The number of carbonyl (C=O) groups is 1. The second kappa shape index (κ2) is 7.67. The fourth-order valence-electron chi connectivity index (χ4n) is 4.26. The van der Waals surface area contributed by atoms with E-state index in [-0.39, 0.29) is 6.03 Å². The molecule has 2 aliphatic rings. The molecule has 0 aromatic rings. The van der Waals surface area contributed by atoms with Gasteiger partial charge in [0.1, 0.15) is 0 Å². The molecular weight excluding hydrogens is 276 g/mol. The lowest BCUT2D eigenvalue weighted by molar-refractivity contribution is 0.0930. The zero-order chi connectivity index (χ0) is 16.2. The largest absolute Gasteiger partial charge is 0.396 e. The van der Waals surface area contributed by atoms with E-state index in [1.165, 1.54) is 25.7 Å². The Hall–Kier alpha value is -0.770. The number of aliphatic hydroxyl groups is 1. The van der Waals surface area contributed by atoms with Crippen LogP contribution in [0.1, 0.15) is 65.2 Å². The van der Waals surface area contributed by atoms with E-state index in [1.54, 1.807) is 0 Å². The van der Waals surface area contributed by atoms with E-state index in [9.17, 15) is 9.90 Å². The summed E-state index contributed by atoms with van der Waals surface area (Å²) in [5.41, 5.74) is 0.360. The third-order valence-electron chi connectivity index (χ3n) is 5.81. The average Bonchev–Trinajstić information content (AvgIpc) is 2.48. The van der Waals surface area contributed by atoms with Gasteiger partial charge in [0.05, 0.1) is 0 Å². The number of urea groups is 1. The summed E-state index contributed by atoms with van der Waals surface area (Å²) in [6.07, 6.45) is 9.17. The van der Waals surface area contributed by atoms with Crippen LogP contribution in [0, 0.1) is 17.3 Å². The summed E-state index contributed by atoms with van der Waals surface area (Å²) in [7, 11) is 1.93. The van der Waals surface area contributed by atoms with E-state index in [0.717, 1.165) is 32.2 Å². The normalized spacial score (nSPS) is 27.3. The Morgan fingerprint density at radius 1 is 1.27 bits per heavy atom. The van der Waals surface area contributed by atoms with E-state index in [0.29, 0.717) is 29.9 Å². The van der Waals surface area contributed by atoms with Crippen molar-refractivity contribution in [3.8, 4) is 0 Å². The van der Waals surface area contributed by atoms with Crippen LogP contribution in [-0.4, -0.2) is 42.3 Å². The first-order valence-corrected chi connectivity index (χ1v) is 9.07. The lowest BCUT2D eigenvalue weighted by Gasteiger charge is -2.44. The van der Waals surface area contributed by atoms with Crippen LogP contribution >= 0.6 is 0 Å². The van der Waals surface area contributed by atoms with Crippen LogP contribution in [0.15, 0.2) is 0 Å². The standard InChI is InChI=1S/C18H34N2O2/c1-14(2)11-18(9-4-10-18)13-19-17(22)20(3)16-7-5-15(12-21)6-8-16/h14-16,21H,4-13H2,1-3H3,(H,19,22). The molecule has 0 spiro atoms. The van der Waals surface area contributed by atoms with Crippen molar-refractivity contribution in [3.63, 3.8) is 0 Å². The zero-order valence-corrected chi connectivity index (χ0v) is 14.6. The molecule has 0 radical (unpaired) electrons. The molecular formula is C18H34N2O2. The van der Waals surface area contributed by atoms with Gasteiger partial charge in [-0.3, -0.25) is 0 Å². The molecule has 0 heterocycles. The first-order chi connectivity index (χ1) is 10.5. The van der Waals surface area contributed by atoms with Gasteiger partial charge in [0.15, 0.2) is 0 Å². The quantitative estimate of drug-likeness (QED) is 0.790. The predicted octanol–water partition coefficient (Wildman–Crippen LogP) is 3.40. The first-order valence-electron chi connectivity index (χ1n) is 9.07. The molecule has 0 aromatic heterocycles. The van der Waals surface area contributed by atoms with Gasteiger partial charge in [-0.25, -0.2) is 4.79 Å². The van der Waals surface area contributed by atoms with Crippen LogP contribution in [0.5, 0.6) is 0 Å². The van der Waals surface area contributed by atoms with Crippen molar-refractivity contribution in [1.82, 2.24) is 10.2 Å². The van der Waals surface area contributed by atoms with Crippen LogP contribution in [0.3, 0.4) is 0 Å². The maximum atomic E-state index is 12.4. The van der Waals surface area contributed by atoms with Gasteiger partial charge in [0.25, 0.3) is 0 Å². The summed E-state index contributed by atoms with van der Waals surface area (Å²) >= 11 is 0. The van der Waals surface area contributed by atoms with Crippen molar-refractivity contribution in [2.75, 3.05) is 20.2 Å². The molecule has 2 amide bonds. The maximum Gasteiger partial charge on any atom is 0.317 e. The minimum absolute atomic E-state index is 0.0856. The fourth-order valence-corrected chi connectivity index (χ4v) is 4.26. The van der Waals surface area contributed by atoms with Crippen molar-refractivity contribution in [2.24, 2.45) is 17.3 Å². The highest BCUT2D eigenvalue weighted by Gasteiger charge is 2.38. The topological polar surface area (TPSA) is 52.6 Å². The van der Waals surface area contributed by atoms with E-state index in [2.05, 4.69) is 19.2 Å². The molecule has 0 saturated heterocycles. The van der Waals surface area contributed by atoms with Gasteiger partial charge in [-0.1, -0.05) is 20.3 Å². The van der Waals surface area contributed by atoms with Crippen molar-refractivity contribution in [3.05, 3.63) is 0 Å². The molecule has 22 heavy (non-hydrogen) atoms.